The van der Waals surface area contributed by atoms with E-state index in [9.17, 15) is 10.1 Å². The van der Waals surface area contributed by atoms with Crippen molar-refractivity contribution in [2.45, 2.75) is 25.2 Å². The Bertz CT molecular complexity index is 1370. The number of Topliss-reactive ketones (excluding diaryl/α,β-unsaturated/α-hetero) is 1. The first-order valence-electron chi connectivity index (χ1n) is 10.6. The second kappa shape index (κ2) is 8.32. The summed E-state index contributed by atoms with van der Waals surface area (Å²) in [7, 11) is 1.59. The van der Waals surface area contributed by atoms with Crippen molar-refractivity contribution in [2.24, 2.45) is 5.73 Å². The van der Waals surface area contributed by atoms with Gasteiger partial charge in [-0.2, -0.15) is 5.26 Å². The quantitative estimate of drug-likeness (QED) is 0.619. The first kappa shape index (κ1) is 20.6. The topological polar surface area (TPSA) is 107 Å². The van der Waals surface area contributed by atoms with Gasteiger partial charge >= 0.3 is 0 Å². The third-order valence-corrected chi connectivity index (χ3v) is 5.89. The Hall–Kier alpha value is -4.31. The fourth-order valence-corrected chi connectivity index (χ4v) is 4.34. The molecule has 2 aromatic carbocycles. The van der Waals surface area contributed by atoms with Crippen molar-refractivity contribution >= 4 is 16.7 Å². The predicted molar refractivity (Wildman–Crippen MR) is 121 cm³/mol. The molecule has 1 unspecified atom stereocenters. The first-order chi connectivity index (χ1) is 16.1. The molecular formula is C26H21N3O4. The SMILES string of the molecule is COc1ccc2nc(Oc3ccccc3)c(C3C(C#N)=C(N)OC4=C3C(=O)CCC4)cc2c1. The molecule has 2 N–H and O–H groups in total. The van der Waals surface area contributed by atoms with Gasteiger partial charge in [0.05, 0.1) is 18.5 Å². The zero-order valence-electron chi connectivity index (χ0n) is 18.0. The molecule has 3 aromatic rings. The number of hydrogen-bond acceptors (Lipinski definition) is 7. The van der Waals surface area contributed by atoms with Gasteiger partial charge in [0.25, 0.3) is 0 Å². The van der Waals surface area contributed by atoms with Gasteiger partial charge in [0, 0.05) is 29.4 Å². The Labute approximate surface area is 190 Å². The Morgan fingerprint density at radius 1 is 1.12 bits per heavy atom. The van der Waals surface area contributed by atoms with E-state index < -0.39 is 5.92 Å². The molecule has 0 radical (unpaired) electrons. The zero-order chi connectivity index (χ0) is 22.9. The van der Waals surface area contributed by atoms with Crippen LogP contribution in [0.3, 0.4) is 0 Å². The van der Waals surface area contributed by atoms with Crippen LogP contribution >= 0.6 is 0 Å². The molecule has 0 bridgehead atoms. The van der Waals surface area contributed by atoms with E-state index in [0.717, 1.165) is 5.39 Å². The van der Waals surface area contributed by atoms with Crippen LogP contribution in [0.15, 0.2) is 77.4 Å². The number of fused-ring (bicyclic) bond motifs is 1. The third-order valence-electron chi connectivity index (χ3n) is 5.89. The number of ketones is 1. The van der Waals surface area contributed by atoms with Crippen molar-refractivity contribution in [1.82, 2.24) is 4.98 Å². The molecule has 2 heterocycles. The number of aromatic nitrogens is 1. The molecule has 0 fully saturated rings. The van der Waals surface area contributed by atoms with Crippen molar-refractivity contribution in [3.8, 4) is 23.4 Å². The smallest absolute Gasteiger partial charge is 0.224 e. The highest BCUT2D eigenvalue weighted by Gasteiger charge is 2.40. The van der Waals surface area contributed by atoms with E-state index in [2.05, 4.69) is 6.07 Å². The molecule has 7 heteroatoms. The van der Waals surface area contributed by atoms with Gasteiger partial charge in [0.1, 0.15) is 28.9 Å². The number of benzene rings is 2. The van der Waals surface area contributed by atoms with Gasteiger partial charge in [-0.15, -0.1) is 0 Å². The summed E-state index contributed by atoms with van der Waals surface area (Å²) in [6.07, 6.45) is 1.65. The molecule has 164 valence electrons. The molecule has 0 saturated heterocycles. The summed E-state index contributed by atoms with van der Waals surface area (Å²) in [4.78, 5) is 17.8. The molecular weight excluding hydrogens is 418 g/mol. The van der Waals surface area contributed by atoms with E-state index in [1.165, 1.54) is 0 Å². The summed E-state index contributed by atoms with van der Waals surface area (Å²) in [5.74, 6) is 1.30. The number of carbonyl (C=O) groups excluding carboxylic acids is 1. The Balaban J connectivity index is 1.77. The van der Waals surface area contributed by atoms with Crippen LogP contribution in [0, 0.1) is 11.3 Å². The maximum atomic E-state index is 13.0. The lowest BCUT2D eigenvalue weighted by atomic mass is 9.77. The van der Waals surface area contributed by atoms with E-state index in [1.54, 1.807) is 7.11 Å². The number of para-hydroxylation sites is 1. The van der Waals surface area contributed by atoms with E-state index in [0.29, 0.717) is 59.1 Å². The van der Waals surface area contributed by atoms with Crippen LogP contribution in [0.2, 0.25) is 0 Å². The van der Waals surface area contributed by atoms with Crippen LogP contribution < -0.4 is 15.2 Å². The predicted octanol–water partition coefficient (Wildman–Crippen LogP) is 4.85. The minimum Gasteiger partial charge on any atom is -0.497 e. The molecule has 1 aromatic heterocycles. The van der Waals surface area contributed by atoms with Gasteiger partial charge in [0.15, 0.2) is 5.78 Å². The van der Waals surface area contributed by atoms with E-state index >= 15 is 0 Å². The van der Waals surface area contributed by atoms with Crippen molar-refractivity contribution in [1.29, 1.82) is 5.26 Å². The molecule has 1 aliphatic carbocycles. The molecule has 7 nitrogen and oxygen atoms in total. The zero-order valence-corrected chi connectivity index (χ0v) is 18.0. The van der Waals surface area contributed by atoms with E-state index in [4.69, 9.17) is 24.9 Å². The van der Waals surface area contributed by atoms with Crippen molar-refractivity contribution in [2.75, 3.05) is 7.11 Å². The average molecular weight is 439 g/mol. The van der Waals surface area contributed by atoms with Gasteiger partial charge in [-0.1, -0.05) is 18.2 Å². The largest absolute Gasteiger partial charge is 0.497 e. The molecule has 0 saturated carbocycles. The number of allylic oxidation sites excluding steroid dienone is 3. The van der Waals surface area contributed by atoms with Gasteiger partial charge in [-0.3, -0.25) is 4.79 Å². The minimum absolute atomic E-state index is 0.00681. The lowest BCUT2D eigenvalue weighted by molar-refractivity contribution is -0.116. The van der Waals surface area contributed by atoms with Crippen molar-refractivity contribution < 1.29 is 19.0 Å². The van der Waals surface area contributed by atoms with Crippen LogP contribution in [0.4, 0.5) is 0 Å². The number of methoxy groups -OCH3 is 1. The van der Waals surface area contributed by atoms with E-state index in [1.807, 2.05) is 54.6 Å². The summed E-state index contributed by atoms with van der Waals surface area (Å²) < 4.78 is 17.3. The van der Waals surface area contributed by atoms with Crippen molar-refractivity contribution in [3.05, 3.63) is 82.9 Å². The summed E-state index contributed by atoms with van der Waals surface area (Å²) in [6.45, 7) is 0. The molecule has 1 aliphatic heterocycles. The second-order valence-corrected chi connectivity index (χ2v) is 7.89. The minimum atomic E-state index is -0.728. The van der Waals surface area contributed by atoms with Crippen LogP contribution in [-0.2, 0) is 9.53 Å². The number of nitriles is 1. The third kappa shape index (κ3) is 3.66. The molecule has 2 aliphatic rings. The highest BCUT2D eigenvalue weighted by molar-refractivity contribution is 6.00. The number of ether oxygens (including phenoxy) is 3. The van der Waals surface area contributed by atoms with Crippen LogP contribution in [0.1, 0.15) is 30.7 Å². The highest BCUT2D eigenvalue weighted by atomic mass is 16.5. The average Bonchev–Trinajstić information content (AvgIpc) is 2.83. The monoisotopic (exact) mass is 439 g/mol. The standard InChI is InChI=1S/C26H21N3O4/c1-31-17-10-11-20-15(12-17)13-18(26(29-20)32-16-6-3-2-4-7-16)23-19(14-27)25(28)33-22-9-5-8-21(30)24(22)23/h2-4,6-7,10-13,23H,5,8-9,28H2,1H3. The Morgan fingerprint density at radius 2 is 1.94 bits per heavy atom. The summed E-state index contributed by atoms with van der Waals surface area (Å²) in [5.41, 5.74) is 8.03. The number of carbonyl (C=O) groups is 1. The number of rotatable bonds is 4. The fraction of sp³-hybridized carbons (Fsp3) is 0.192. The van der Waals surface area contributed by atoms with Gasteiger partial charge in [0.2, 0.25) is 11.8 Å². The lowest BCUT2D eigenvalue weighted by Crippen LogP contribution is -2.27. The molecule has 0 amide bonds. The number of hydrogen-bond donors (Lipinski definition) is 1. The Kier molecular flexibility index (Phi) is 5.19. The number of nitrogens with zero attached hydrogens (tertiary/aromatic N) is 2. The maximum absolute atomic E-state index is 13.0. The second-order valence-electron chi connectivity index (χ2n) is 7.89. The van der Waals surface area contributed by atoms with Crippen molar-refractivity contribution in [3.63, 3.8) is 0 Å². The molecule has 33 heavy (non-hydrogen) atoms. The first-order valence-corrected chi connectivity index (χ1v) is 10.6. The molecule has 0 spiro atoms. The summed E-state index contributed by atoms with van der Waals surface area (Å²) in [6, 6.07) is 18.8. The molecule has 5 rings (SSSR count). The van der Waals surface area contributed by atoms with Crippen LogP contribution in [0.25, 0.3) is 10.9 Å². The van der Waals surface area contributed by atoms with Gasteiger partial charge in [-0.05, 0) is 42.8 Å². The van der Waals surface area contributed by atoms with Gasteiger partial charge < -0.3 is 19.9 Å². The fourth-order valence-electron chi connectivity index (χ4n) is 4.34. The summed E-state index contributed by atoms with van der Waals surface area (Å²) in [5, 5.41) is 10.8. The highest BCUT2D eigenvalue weighted by Crippen LogP contribution is 2.46. The normalized spacial score (nSPS) is 17.9. The molecule has 1 atom stereocenters. The van der Waals surface area contributed by atoms with Gasteiger partial charge in [-0.25, -0.2) is 4.98 Å². The summed E-state index contributed by atoms with van der Waals surface area (Å²) >= 11 is 0. The van der Waals surface area contributed by atoms with E-state index in [-0.39, 0.29) is 17.2 Å². The number of pyridine rings is 1. The maximum Gasteiger partial charge on any atom is 0.224 e. The Morgan fingerprint density at radius 3 is 2.70 bits per heavy atom. The number of nitrogens with two attached hydrogens (primary N) is 1. The van der Waals surface area contributed by atoms with Crippen LogP contribution in [-0.4, -0.2) is 17.9 Å². The lowest BCUT2D eigenvalue weighted by Gasteiger charge is -2.31. The van der Waals surface area contributed by atoms with Crippen LogP contribution in [0.5, 0.6) is 17.4 Å².